The lowest BCUT2D eigenvalue weighted by atomic mass is 9.52. The van der Waals surface area contributed by atoms with Gasteiger partial charge in [0.05, 0.1) is 0 Å². The Balaban J connectivity index is 1.20. The summed E-state index contributed by atoms with van der Waals surface area (Å²) in [6.07, 6.45) is 0. The number of amidine groups is 1. The molecule has 0 bridgehead atoms. The molecule has 6 heteroatoms. The average Bonchev–Trinajstić information content (AvgIpc) is 2.82. The maximum Gasteiger partial charge on any atom is 0.251 e. The molecule has 0 saturated carbocycles. The number of carbonyl (C=O) groups excluding carboxylic acids is 1. The fourth-order valence-corrected chi connectivity index (χ4v) is 5.23. The standard InChI is InChI=1S/C29H21F2N3O/c30-19-7-10-20(25(31)13-19)17-5-8-21-23(11-17)27-24-12-18(6-9-22(24)26(21)27)29(35)34-14-15-1-3-16(4-2-15)28(32)33/h1-13,26-27H,14H2,(H3,32,33)(H,34,35)/t26-,27?/m0/s1. The van der Waals surface area contributed by atoms with Gasteiger partial charge in [0.2, 0.25) is 0 Å². The topological polar surface area (TPSA) is 79.0 Å². The van der Waals surface area contributed by atoms with Gasteiger partial charge in [0.15, 0.2) is 0 Å². The highest BCUT2D eigenvalue weighted by atomic mass is 19.1. The second kappa shape index (κ2) is 7.87. The van der Waals surface area contributed by atoms with Crippen LogP contribution in [-0.4, -0.2) is 11.7 Å². The molecular formula is C29H21F2N3O. The van der Waals surface area contributed by atoms with Crippen molar-refractivity contribution < 1.29 is 13.6 Å². The van der Waals surface area contributed by atoms with Crippen molar-refractivity contribution in [3.8, 4) is 11.1 Å². The lowest BCUT2D eigenvalue weighted by Gasteiger charge is -2.50. The third-order valence-corrected chi connectivity index (χ3v) is 7.07. The number of amides is 1. The molecule has 4 aromatic rings. The monoisotopic (exact) mass is 465 g/mol. The molecule has 0 radical (unpaired) electrons. The van der Waals surface area contributed by atoms with Gasteiger partial charge >= 0.3 is 0 Å². The lowest BCUT2D eigenvalue weighted by molar-refractivity contribution is 0.0950. The van der Waals surface area contributed by atoms with Crippen LogP contribution in [0.25, 0.3) is 11.1 Å². The summed E-state index contributed by atoms with van der Waals surface area (Å²) in [6.45, 7) is 0.371. The minimum Gasteiger partial charge on any atom is -0.384 e. The summed E-state index contributed by atoms with van der Waals surface area (Å²) in [5.74, 6) is -0.826. The van der Waals surface area contributed by atoms with Crippen LogP contribution in [0.15, 0.2) is 78.9 Å². The molecule has 4 nitrogen and oxygen atoms in total. The number of hydrogen-bond acceptors (Lipinski definition) is 2. The highest BCUT2D eigenvalue weighted by Gasteiger charge is 2.49. The molecule has 35 heavy (non-hydrogen) atoms. The second-order valence-corrected chi connectivity index (χ2v) is 9.06. The summed E-state index contributed by atoms with van der Waals surface area (Å²) in [5, 5.41) is 10.4. The van der Waals surface area contributed by atoms with Crippen molar-refractivity contribution in [2.75, 3.05) is 0 Å². The Bertz CT molecular complexity index is 1530. The van der Waals surface area contributed by atoms with Crippen molar-refractivity contribution in [3.63, 3.8) is 0 Å². The molecule has 172 valence electrons. The second-order valence-electron chi connectivity index (χ2n) is 9.06. The molecule has 2 aliphatic carbocycles. The van der Waals surface area contributed by atoms with Crippen molar-refractivity contribution in [2.24, 2.45) is 5.73 Å². The Morgan fingerprint density at radius 2 is 1.46 bits per heavy atom. The van der Waals surface area contributed by atoms with Gasteiger partial charge in [-0.1, -0.05) is 48.5 Å². The van der Waals surface area contributed by atoms with Crippen LogP contribution in [0.5, 0.6) is 0 Å². The van der Waals surface area contributed by atoms with Crippen molar-refractivity contribution in [1.82, 2.24) is 5.32 Å². The third kappa shape index (κ3) is 3.41. The molecule has 0 saturated heterocycles. The summed E-state index contributed by atoms with van der Waals surface area (Å²) in [4.78, 5) is 12.8. The van der Waals surface area contributed by atoms with Gasteiger partial charge in [0.1, 0.15) is 17.5 Å². The summed E-state index contributed by atoms with van der Waals surface area (Å²) < 4.78 is 27.6. The van der Waals surface area contributed by atoms with Crippen LogP contribution < -0.4 is 11.1 Å². The van der Waals surface area contributed by atoms with Crippen LogP contribution in [0.4, 0.5) is 8.78 Å². The molecule has 6 rings (SSSR count). The number of nitrogens with one attached hydrogen (secondary N) is 2. The van der Waals surface area contributed by atoms with Gasteiger partial charge < -0.3 is 11.1 Å². The number of halogens is 2. The first kappa shape index (κ1) is 21.2. The molecule has 2 atom stereocenters. The first-order valence-electron chi connectivity index (χ1n) is 11.4. The molecule has 0 heterocycles. The third-order valence-electron chi connectivity index (χ3n) is 7.07. The Morgan fingerprint density at radius 1 is 0.800 bits per heavy atom. The number of rotatable bonds is 5. The normalized spacial score (nSPS) is 16.7. The molecule has 0 aliphatic heterocycles. The molecule has 4 aromatic carbocycles. The minimum absolute atomic E-state index is 0.00783. The van der Waals surface area contributed by atoms with Gasteiger partial charge in [-0.15, -0.1) is 0 Å². The van der Waals surface area contributed by atoms with Crippen molar-refractivity contribution in [1.29, 1.82) is 5.41 Å². The lowest BCUT2D eigenvalue weighted by Crippen LogP contribution is -2.36. The first-order valence-corrected chi connectivity index (χ1v) is 11.4. The van der Waals surface area contributed by atoms with Gasteiger partial charge in [-0.05, 0) is 57.6 Å². The van der Waals surface area contributed by atoms with E-state index in [9.17, 15) is 13.6 Å². The number of hydrogen-bond donors (Lipinski definition) is 3. The van der Waals surface area contributed by atoms with E-state index < -0.39 is 11.6 Å². The fourth-order valence-electron chi connectivity index (χ4n) is 5.23. The molecule has 0 spiro atoms. The zero-order valence-corrected chi connectivity index (χ0v) is 18.6. The Labute approximate surface area is 200 Å². The predicted molar refractivity (Wildman–Crippen MR) is 131 cm³/mol. The van der Waals surface area contributed by atoms with E-state index in [1.165, 1.54) is 23.3 Å². The summed E-state index contributed by atoms with van der Waals surface area (Å²) in [5.41, 5.74) is 13.4. The van der Waals surface area contributed by atoms with Crippen LogP contribution in [0, 0.1) is 17.0 Å². The average molecular weight is 466 g/mol. The Kier molecular flexibility index (Phi) is 4.78. The van der Waals surface area contributed by atoms with Crippen LogP contribution >= 0.6 is 0 Å². The molecule has 1 unspecified atom stereocenters. The van der Waals surface area contributed by atoms with E-state index >= 15 is 0 Å². The maximum atomic E-state index is 14.3. The number of nitrogen functional groups attached to an aromatic ring is 1. The van der Waals surface area contributed by atoms with Crippen LogP contribution in [0.1, 0.15) is 55.6 Å². The maximum absolute atomic E-state index is 14.3. The van der Waals surface area contributed by atoms with Gasteiger partial charge in [0, 0.05) is 41.1 Å². The predicted octanol–water partition coefficient (Wildman–Crippen LogP) is 5.44. The highest BCUT2D eigenvalue weighted by molar-refractivity contribution is 5.95. The zero-order valence-electron chi connectivity index (χ0n) is 18.6. The van der Waals surface area contributed by atoms with Crippen molar-refractivity contribution in [2.45, 2.75) is 18.4 Å². The van der Waals surface area contributed by atoms with E-state index in [-0.39, 0.29) is 17.7 Å². The van der Waals surface area contributed by atoms with Gasteiger partial charge in [-0.2, -0.15) is 0 Å². The Morgan fingerprint density at radius 3 is 2.17 bits per heavy atom. The zero-order chi connectivity index (χ0) is 24.3. The van der Waals surface area contributed by atoms with E-state index in [2.05, 4.69) is 5.32 Å². The van der Waals surface area contributed by atoms with E-state index in [1.807, 2.05) is 48.5 Å². The van der Waals surface area contributed by atoms with E-state index in [4.69, 9.17) is 11.1 Å². The fraction of sp³-hybridized carbons (Fsp3) is 0.103. The summed E-state index contributed by atoms with van der Waals surface area (Å²) >= 11 is 0. The SMILES string of the molecule is N=C(N)c1ccc(CNC(=O)c2ccc3c(c2)C2c4cc(-c5ccc(F)cc5F)ccc4[C@@H]32)cc1. The number of carbonyl (C=O) groups is 1. The molecule has 0 fully saturated rings. The summed E-state index contributed by atoms with van der Waals surface area (Å²) in [7, 11) is 0. The number of benzene rings is 4. The highest BCUT2D eigenvalue weighted by Crippen LogP contribution is 2.63. The van der Waals surface area contributed by atoms with E-state index in [0.29, 0.717) is 29.2 Å². The smallest absolute Gasteiger partial charge is 0.251 e. The quantitative estimate of drug-likeness (QED) is 0.271. The van der Waals surface area contributed by atoms with E-state index in [0.717, 1.165) is 28.3 Å². The van der Waals surface area contributed by atoms with Gasteiger partial charge in [-0.3, -0.25) is 10.2 Å². The van der Waals surface area contributed by atoms with Crippen LogP contribution in [0.3, 0.4) is 0 Å². The van der Waals surface area contributed by atoms with Crippen molar-refractivity contribution >= 4 is 11.7 Å². The summed E-state index contributed by atoms with van der Waals surface area (Å²) in [6, 6.07) is 22.5. The van der Waals surface area contributed by atoms with E-state index in [1.54, 1.807) is 12.1 Å². The van der Waals surface area contributed by atoms with Crippen LogP contribution in [-0.2, 0) is 6.54 Å². The minimum atomic E-state index is -0.595. The number of nitrogens with two attached hydrogens (primary N) is 1. The first-order chi connectivity index (χ1) is 16.9. The molecule has 1 amide bonds. The van der Waals surface area contributed by atoms with Gasteiger partial charge in [-0.25, -0.2) is 8.78 Å². The largest absolute Gasteiger partial charge is 0.384 e. The molecule has 2 aliphatic rings. The van der Waals surface area contributed by atoms with Crippen molar-refractivity contribution in [3.05, 3.63) is 129 Å². The Hall–Kier alpha value is -4.32. The molecular weight excluding hydrogens is 444 g/mol. The van der Waals surface area contributed by atoms with Gasteiger partial charge in [0.25, 0.3) is 5.91 Å². The molecule has 4 N–H and O–H groups in total. The number of fused-ring (bicyclic) bond motifs is 7. The molecule has 0 aromatic heterocycles. The van der Waals surface area contributed by atoms with Crippen LogP contribution in [0.2, 0.25) is 0 Å².